The Morgan fingerprint density at radius 3 is 2.08 bits per heavy atom. The molecule has 0 radical (unpaired) electrons. The number of rotatable bonds is 15. The summed E-state index contributed by atoms with van der Waals surface area (Å²) in [5.41, 5.74) is 8.04. The van der Waals surface area contributed by atoms with Crippen molar-refractivity contribution in [3.63, 3.8) is 0 Å². The van der Waals surface area contributed by atoms with Crippen molar-refractivity contribution < 1.29 is 14.0 Å². The Morgan fingerprint density at radius 1 is 0.830 bits per heavy atom. The van der Waals surface area contributed by atoms with Crippen molar-refractivity contribution in [2.75, 3.05) is 31.2 Å². The van der Waals surface area contributed by atoms with Crippen molar-refractivity contribution in [2.24, 2.45) is 11.8 Å². The van der Waals surface area contributed by atoms with Crippen LogP contribution in [0.5, 0.6) is 11.5 Å². The van der Waals surface area contributed by atoms with Crippen LogP contribution in [0, 0.1) is 48.3 Å². The lowest BCUT2D eigenvalue weighted by Gasteiger charge is -2.33. The average Bonchev–Trinajstić information content (AvgIpc) is 3.18. The van der Waals surface area contributed by atoms with Gasteiger partial charge in [-0.15, -0.1) is 0 Å². The highest BCUT2D eigenvalue weighted by Gasteiger charge is 2.30. The summed E-state index contributed by atoms with van der Waals surface area (Å²) in [5.74, 6) is 2.76. The molecule has 5 rings (SSSR count). The van der Waals surface area contributed by atoms with Crippen molar-refractivity contribution in [2.45, 2.75) is 57.3 Å². The van der Waals surface area contributed by atoms with Crippen LogP contribution in [-0.4, -0.2) is 40.5 Å². The fourth-order valence-corrected chi connectivity index (χ4v) is 8.34. The number of alkyl halides is 1. The molecule has 0 amide bonds. The summed E-state index contributed by atoms with van der Waals surface area (Å²) >= 11 is 2.70. The van der Waals surface area contributed by atoms with Gasteiger partial charge in [0, 0.05) is 39.9 Å². The highest BCUT2D eigenvalue weighted by molar-refractivity contribution is 14.1. The smallest absolute Gasteiger partial charge is 0.208 e. The fourth-order valence-electron chi connectivity index (χ4n) is 7.09. The molecule has 53 heavy (non-hydrogen) atoms. The maximum Gasteiger partial charge on any atom is 0.208 e. The van der Waals surface area contributed by atoms with E-state index in [-0.39, 0.29) is 0 Å². The zero-order valence-corrected chi connectivity index (χ0v) is 33.5. The molecule has 4 aromatic carbocycles. The summed E-state index contributed by atoms with van der Waals surface area (Å²) in [5, 5.41) is 18.9. The van der Waals surface area contributed by atoms with E-state index in [2.05, 4.69) is 102 Å². The minimum atomic E-state index is 0.471. The minimum Gasteiger partial charge on any atom is -0.492 e. The molecule has 4 aromatic rings. The summed E-state index contributed by atoms with van der Waals surface area (Å²) in [4.78, 5) is 2.33. The van der Waals surface area contributed by atoms with Crippen LogP contribution in [0.15, 0.2) is 121 Å². The Labute approximate surface area is 329 Å². The van der Waals surface area contributed by atoms with E-state index in [1.165, 1.54) is 25.0 Å². The second kappa shape index (κ2) is 19.8. The maximum atomic E-state index is 9.47. The van der Waals surface area contributed by atoms with E-state index in [1.54, 1.807) is 0 Å². The van der Waals surface area contributed by atoms with Gasteiger partial charge in [-0.05, 0) is 112 Å². The molecule has 1 aliphatic rings. The number of para-hydroxylation sites is 2. The highest BCUT2D eigenvalue weighted by atomic mass is 127. The number of aryl methyl sites for hydroxylation is 2. The van der Waals surface area contributed by atoms with Crippen molar-refractivity contribution in [3.8, 4) is 23.6 Å². The van der Waals surface area contributed by atoms with Gasteiger partial charge in [0.25, 0.3) is 0 Å². The lowest BCUT2D eigenvalue weighted by Crippen LogP contribution is -2.29. The van der Waals surface area contributed by atoms with Gasteiger partial charge in [-0.25, -0.2) is 0 Å². The summed E-state index contributed by atoms with van der Waals surface area (Å²) < 4.78 is 15.0. The van der Waals surface area contributed by atoms with Crippen LogP contribution in [0.1, 0.15) is 61.8 Å². The Balaban J connectivity index is 1.31. The second-order valence-corrected chi connectivity index (χ2v) is 15.2. The third kappa shape index (κ3) is 11.1. The summed E-state index contributed by atoms with van der Waals surface area (Å²) in [7, 11) is 0. The van der Waals surface area contributed by atoms with Crippen LogP contribution in [0.4, 0.5) is 11.4 Å². The van der Waals surface area contributed by atoms with E-state index in [1.807, 2.05) is 84.9 Å². The summed E-state index contributed by atoms with van der Waals surface area (Å²) in [6, 6.07) is 36.3. The third-order valence-corrected chi connectivity index (χ3v) is 12.0. The quantitative estimate of drug-likeness (QED) is 0.0517. The summed E-state index contributed by atoms with van der Waals surface area (Å²) in [6.45, 7) is 11.0. The second-order valence-electron chi connectivity index (χ2n) is 13.7. The van der Waals surface area contributed by atoms with Crippen LogP contribution in [0.2, 0.25) is 0 Å². The molecular formula is C46H50IN4O2+. The number of nitrogens with zero attached hydrogens (tertiary/aromatic N) is 4. The molecule has 0 aromatic heterocycles. The molecule has 6 nitrogen and oxygen atoms in total. The number of halogens is 1. The SMILES string of the molecule is C/C(=C\CC1CCCC(/C=C/C(C)=[N+](\CCOc2ccccc2)c2ccc(C#N)cc2C)C1I)N(CCOc1ccccc1)c1ccc(C#N)cc1C. The van der Waals surface area contributed by atoms with Crippen LogP contribution >= 0.6 is 22.6 Å². The number of nitriles is 2. The molecule has 0 spiro atoms. The lowest BCUT2D eigenvalue weighted by atomic mass is 9.79. The highest BCUT2D eigenvalue weighted by Crippen LogP contribution is 2.38. The first kappa shape index (κ1) is 39.3. The Hall–Kier alpha value is -4.86. The van der Waals surface area contributed by atoms with Gasteiger partial charge in [-0.1, -0.05) is 77.6 Å². The maximum absolute atomic E-state index is 9.47. The summed E-state index contributed by atoms with van der Waals surface area (Å²) in [6.07, 6.45) is 11.7. The molecule has 7 heteroatoms. The van der Waals surface area contributed by atoms with Gasteiger partial charge in [0.15, 0.2) is 12.3 Å². The Bertz CT molecular complexity index is 1990. The molecular weight excluding hydrogens is 767 g/mol. The van der Waals surface area contributed by atoms with Gasteiger partial charge in [-0.2, -0.15) is 15.1 Å². The molecule has 272 valence electrons. The standard InChI is InChI=1S/C46H50IN4O2/c1-34-30-38(32-48)20-24-44(34)50(26-28-52-42-14-7-5-8-15-42)36(3)18-22-40-12-11-13-41(46(40)47)23-19-37(4)51(27-29-53-43-16-9-6-10-17-43)45-25-21-39(33-49)31-35(45)2/h5-10,14-22,24-25,30-31,40-41,46H,11-13,23,26-29H2,1-4H3/q+1/b22-18+,37-19+,50-36+. The number of ether oxygens (including phenoxy) is 2. The molecule has 3 unspecified atom stereocenters. The monoisotopic (exact) mass is 817 g/mol. The lowest BCUT2D eigenvalue weighted by molar-refractivity contribution is -0.443. The molecule has 0 aliphatic heterocycles. The van der Waals surface area contributed by atoms with Crippen molar-refractivity contribution in [1.29, 1.82) is 10.5 Å². The van der Waals surface area contributed by atoms with Crippen LogP contribution in [-0.2, 0) is 0 Å². The fraction of sp³-hybridized carbons (Fsp3) is 0.326. The number of allylic oxidation sites excluding steroid dienone is 4. The first-order valence-electron chi connectivity index (χ1n) is 18.5. The largest absolute Gasteiger partial charge is 0.492 e. The zero-order valence-electron chi connectivity index (χ0n) is 31.3. The molecule has 0 heterocycles. The Kier molecular flexibility index (Phi) is 14.7. The predicted molar refractivity (Wildman–Crippen MR) is 225 cm³/mol. The molecule has 0 N–H and O–H groups in total. The van der Waals surface area contributed by atoms with Crippen molar-refractivity contribution in [3.05, 3.63) is 143 Å². The molecule has 0 saturated heterocycles. The predicted octanol–water partition coefficient (Wildman–Crippen LogP) is 10.9. The molecule has 1 fully saturated rings. The van der Waals surface area contributed by atoms with E-state index >= 15 is 0 Å². The van der Waals surface area contributed by atoms with Gasteiger partial charge in [-0.3, -0.25) is 0 Å². The zero-order chi connectivity index (χ0) is 37.6. The molecule has 0 bridgehead atoms. The number of benzene rings is 4. The van der Waals surface area contributed by atoms with Crippen molar-refractivity contribution >= 4 is 39.7 Å². The van der Waals surface area contributed by atoms with Gasteiger partial charge in [0.2, 0.25) is 5.69 Å². The first-order chi connectivity index (χ1) is 25.8. The van der Waals surface area contributed by atoms with E-state index in [4.69, 9.17) is 9.47 Å². The van der Waals surface area contributed by atoms with E-state index in [9.17, 15) is 10.5 Å². The van der Waals surface area contributed by atoms with Crippen LogP contribution in [0.3, 0.4) is 0 Å². The number of anilines is 1. The molecule has 1 saturated carbocycles. The van der Waals surface area contributed by atoms with E-state index < -0.39 is 0 Å². The van der Waals surface area contributed by atoms with Crippen LogP contribution < -0.4 is 14.4 Å². The van der Waals surface area contributed by atoms with Crippen molar-refractivity contribution in [1.82, 2.24) is 0 Å². The molecule has 1 aliphatic carbocycles. The van der Waals surface area contributed by atoms with Gasteiger partial charge < -0.3 is 14.4 Å². The third-order valence-electron chi connectivity index (χ3n) is 10.0. The van der Waals surface area contributed by atoms with Gasteiger partial charge >= 0.3 is 0 Å². The average molecular weight is 818 g/mol. The van der Waals surface area contributed by atoms with Gasteiger partial charge in [0.05, 0.1) is 29.8 Å². The van der Waals surface area contributed by atoms with Crippen LogP contribution in [0.25, 0.3) is 0 Å². The Morgan fingerprint density at radius 2 is 1.45 bits per heavy atom. The minimum absolute atomic E-state index is 0.471. The topological polar surface area (TPSA) is 72.3 Å². The normalized spacial score (nSPS) is 17.8. The van der Waals surface area contributed by atoms with E-state index in [0.717, 1.165) is 46.1 Å². The number of hydrogen-bond donors (Lipinski definition) is 0. The molecule has 3 atom stereocenters. The first-order valence-corrected chi connectivity index (χ1v) is 19.8. The van der Waals surface area contributed by atoms with E-state index in [0.29, 0.717) is 53.2 Å². The number of hydrogen-bond acceptors (Lipinski definition) is 5. The van der Waals surface area contributed by atoms with Gasteiger partial charge in [0.1, 0.15) is 24.7 Å².